The fourth-order valence-electron chi connectivity index (χ4n) is 5.22. The molecule has 0 N–H and O–H groups in total. The molecule has 5 rings (SSSR count). The summed E-state index contributed by atoms with van der Waals surface area (Å²) in [6, 6.07) is 21.3. The molecule has 0 saturated carbocycles. The zero-order valence-electron chi connectivity index (χ0n) is 19.9. The van der Waals surface area contributed by atoms with Gasteiger partial charge in [-0.25, -0.2) is 8.96 Å². The predicted octanol–water partition coefficient (Wildman–Crippen LogP) is 5.38. The maximum absolute atomic E-state index is 14.6. The monoisotopic (exact) mass is 485 g/mol. The van der Waals surface area contributed by atoms with Gasteiger partial charge in [-0.1, -0.05) is 55.5 Å². The quantitative estimate of drug-likeness (QED) is 0.355. The van der Waals surface area contributed by atoms with Crippen molar-refractivity contribution in [2.75, 3.05) is 6.61 Å². The number of benzene rings is 3. The van der Waals surface area contributed by atoms with E-state index < -0.39 is 35.0 Å². The van der Waals surface area contributed by atoms with Crippen LogP contribution in [0.2, 0.25) is 0 Å². The van der Waals surface area contributed by atoms with E-state index in [1.165, 1.54) is 22.8 Å². The van der Waals surface area contributed by atoms with Crippen molar-refractivity contribution in [1.29, 1.82) is 0 Å². The molecule has 1 aromatic heterocycles. The lowest BCUT2D eigenvalue weighted by atomic mass is 9.64. The molecule has 4 aromatic rings. The summed E-state index contributed by atoms with van der Waals surface area (Å²) in [5.74, 6) is -3.57. The molecular formula is C29H24FNO5. The first-order chi connectivity index (χ1) is 17.4. The van der Waals surface area contributed by atoms with E-state index in [2.05, 4.69) is 0 Å². The first-order valence-corrected chi connectivity index (χ1v) is 11.8. The number of esters is 2. The maximum atomic E-state index is 14.6. The molecule has 1 aliphatic rings. The van der Waals surface area contributed by atoms with Crippen molar-refractivity contribution >= 4 is 28.7 Å². The molecule has 182 valence electrons. The summed E-state index contributed by atoms with van der Waals surface area (Å²) < 4.78 is 27.2. The second-order valence-electron chi connectivity index (χ2n) is 8.65. The zero-order valence-corrected chi connectivity index (χ0v) is 19.9. The van der Waals surface area contributed by atoms with E-state index in [1.807, 2.05) is 6.07 Å². The van der Waals surface area contributed by atoms with Crippen molar-refractivity contribution in [2.45, 2.75) is 31.6 Å². The fourth-order valence-corrected chi connectivity index (χ4v) is 5.22. The largest absolute Gasteiger partial charge is 0.465 e. The van der Waals surface area contributed by atoms with Crippen LogP contribution in [-0.2, 0) is 19.7 Å². The van der Waals surface area contributed by atoms with E-state index in [1.54, 1.807) is 68.4 Å². The summed E-state index contributed by atoms with van der Waals surface area (Å²) in [6.07, 6.45) is 0.216. The van der Waals surface area contributed by atoms with Crippen LogP contribution in [0.1, 0.15) is 47.7 Å². The molecule has 0 bridgehead atoms. The van der Waals surface area contributed by atoms with E-state index in [0.717, 1.165) is 0 Å². The highest BCUT2D eigenvalue weighted by atomic mass is 19.1. The van der Waals surface area contributed by atoms with Crippen LogP contribution in [0.5, 0.6) is 5.88 Å². The number of rotatable bonds is 5. The van der Waals surface area contributed by atoms with Crippen LogP contribution in [0, 0.1) is 5.82 Å². The Bertz CT molecular complexity index is 1480. The van der Waals surface area contributed by atoms with Gasteiger partial charge in [0.1, 0.15) is 17.2 Å². The van der Waals surface area contributed by atoms with Gasteiger partial charge in [0.2, 0.25) is 5.88 Å². The Morgan fingerprint density at radius 1 is 1.00 bits per heavy atom. The molecule has 0 unspecified atom stereocenters. The third kappa shape index (κ3) is 3.42. The molecule has 2 heterocycles. The highest BCUT2D eigenvalue weighted by molar-refractivity contribution is 6.09. The van der Waals surface area contributed by atoms with Gasteiger partial charge in [0.25, 0.3) is 5.91 Å². The molecule has 0 radical (unpaired) electrons. The van der Waals surface area contributed by atoms with Crippen molar-refractivity contribution in [2.24, 2.45) is 0 Å². The summed E-state index contributed by atoms with van der Waals surface area (Å²) in [5, 5.41) is 0.314. The van der Waals surface area contributed by atoms with E-state index in [9.17, 15) is 18.8 Å². The topological polar surface area (TPSA) is 74.6 Å². The number of hydrogen-bond donors (Lipinski definition) is 0. The standard InChI is InChI=1S/C29H24FNO5/c1-3-29(19-13-9-6-10-14-19)24(27(33)35-4-2)23-21-17-20(30)15-16-22(21)31(26(23)36-28(29)34)25(32)18-11-7-5-8-12-18/h5-17,24H,3-4H2,1-2H3/t24-,29-/m1/s1. The summed E-state index contributed by atoms with van der Waals surface area (Å²) >= 11 is 0. The smallest absolute Gasteiger partial charge is 0.324 e. The lowest BCUT2D eigenvalue weighted by molar-refractivity contribution is -0.156. The number of carbonyl (C=O) groups excluding carboxylic acids is 3. The summed E-state index contributed by atoms with van der Waals surface area (Å²) in [6.45, 7) is 3.56. The third-order valence-electron chi connectivity index (χ3n) is 6.85. The molecule has 0 aliphatic carbocycles. The number of aromatic nitrogens is 1. The van der Waals surface area contributed by atoms with E-state index in [-0.39, 0.29) is 24.5 Å². The molecule has 6 nitrogen and oxygen atoms in total. The second-order valence-corrected chi connectivity index (χ2v) is 8.65. The molecule has 0 amide bonds. The summed E-state index contributed by atoms with van der Waals surface area (Å²) in [4.78, 5) is 41.1. The van der Waals surface area contributed by atoms with Crippen molar-refractivity contribution < 1.29 is 28.2 Å². The molecular weight excluding hydrogens is 461 g/mol. The third-order valence-corrected chi connectivity index (χ3v) is 6.85. The van der Waals surface area contributed by atoms with Gasteiger partial charge in [-0.15, -0.1) is 0 Å². The highest BCUT2D eigenvalue weighted by Crippen LogP contribution is 2.53. The minimum Gasteiger partial charge on any atom is -0.465 e. The Morgan fingerprint density at radius 3 is 2.31 bits per heavy atom. The number of fused-ring (bicyclic) bond motifs is 3. The van der Waals surface area contributed by atoms with Gasteiger partial charge in [0.15, 0.2) is 0 Å². The average molecular weight is 486 g/mol. The van der Waals surface area contributed by atoms with Gasteiger partial charge in [-0.3, -0.25) is 14.4 Å². The summed E-state index contributed by atoms with van der Waals surface area (Å²) in [5.41, 5.74) is 0.0882. The SMILES string of the molecule is CCOC(=O)[C@H]1c2c(n(C(=O)c3ccccc3)c3ccc(F)cc23)OC(=O)[C@]1(CC)c1ccccc1. The van der Waals surface area contributed by atoms with Crippen LogP contribution in [0.15, 0.2) is 78.9 Å². The normalized spacial score (nSPS) is 19.0. The van der Waals surface area contributed by atoms with Gasteiger partial charge in [0, 0.05) is 16.5 Å². The Morgan fingerprint density at radius 2 is 1.67 bits per heavy atom. The van der Waals surface area contributed by atoms with Gasteiger partial charge in [-0.05, 0) is 49.2 Å². The van der Waals surface area contributed by atoms with Crippen molar-refractivity contribution in [3.05, 3.63) is 101 Å². The summed E-state index contributed by atoms with van der Waals surface area (Å²) in [7, 11) is 0. The number of ether oxygens (including phenoxy) is 2. The zero-order chi connectivity index (χ0) is 25.4. The van der Waals surface area contributed by atoms with Gasteiger partial charge in [0.05, 0.1) is 12.1 Å². The molecule has 0 fully saturated rings. The predicted molar refractivity (Wildman–Crippen MR) is 131 cm³/mol. The molecule has 2 atom stereocenters. The Hall–Kier alpha value is -4.26. The highest BCUT2D eigenvalue weighted by Gasteiger charge is 2.58. The molecule has 3 aromatic carbocycles. The minimum absolute atomic E-state index is 0.0875. The number of carbonyl (C=O) groups is 3. The molecule has 7 heteroatoms. The van der Waals surface area contributed by atoms with Gasteiger partial charge < -0.3 is 9.47 Å². The number of halogens is 1. The van der Waals surface area contributed by atoms with Crippen LogP contribution in [0.4, 0.5) is 4.39 Å². The molecule has 0 saturated heterocycles. The molecule has 0 spiro atoms. The van der Waals surface area contributed by atoms with Crippen LogP contribution in [0.25, 0.3) is 10.9 Å². The average Bonchev–Trinajstić information content (AvgIpc) is 3.21. The van der Waals surface area contributed by atoms with Crippen LogP contribution >= 0.6 is 0 Å². The molecule has 1 aliphatic heterocycles. The van der Waals surface area contributed by atoms with Crippen molar-refractivity contribution in [3.63, 3.8) is 0 Å². The van der Waals surface area contributed by atoms with E-state index >= 15 is 0 Å². The van der Waals surface area contributed by atoms with E-state index in [4.69, 9.17) is 9.47 Å². The lowest BCUT2D eigenvalue weighted by Gasteiger charge is -2.40. The fraction of sp³-hybridized carbons (Fsp3) is 0.207. The first kappa shape index (κ1) is 23.5. The molecule has 36 heavy (non-hydrogen) atoms. The van der Waals surface area contributed by atoms with Crippen molar-refractivity contribution in [3.8, 4) is 5.88 Å². The van der Waals surface area contributed by atoms with Crippen LogP contribution in [-0.4, -0.2) is 29.0 Å². The Labute approximate surface area is 207 Å². The number of nitrogens with zero attached hydrogens (tertiary/aromatic N) is 1. The maximum Gasteiger partial charge on any atom is 0.324 e. The minimum atomic E-state index is -1.43. The van der Waals surface area contributed by atoms with Gasteiger partial charge >= 0.3 is 11.9 Å². The van der Waals surface area contributed by atoms with Crippen LogP contribution < -0.4 is 4.74 Å². The Kier molecular flexibility index (Phi) is 5.92. The van der Waals surface area contributed by atoms with Crippen molar-refractivity contribution in [1.82, 2.24) is 4.57 Å². The Balaban J connectivity index is 1.87. The number of hydrogen-bond acceptors (Lipinski definition) is 5. The first-order valence-electron chi connectivity index (χ1n) is 11.8. The second kappa shape index (κ2) is 9.07. The van der Waals surface area contributed by atoms with E-state index in [0.29, 0.717) is 22.0 Å². The van der Waals surface area contributed by atoms with Crippen LogP contribution in [0.3, 0.4) is 0 Å². The van der Waals surface area contributed by atoms with Gasteiger partial charge in [-0.2, -0.15) is 0 Å². The lowest BCUT2D eigenvalue weighted by Crippen LogP contribution is -2.50.